The fourth-order valence-electron chi connectivity index (χ4n) is 2.38. The molecule has 18 heavy (non-hydrogen) atoms. The van der Waals surface area contributed by atoms with Crippen molar-refractivity contribution in [3.05, 3.63) is 45.4 Å². The highest BCUT2D eigenvalue weighted by atomic mass is 79.9. The zero-order valence-electron chi connectivity index (χ0n) is 10.8. The lowest BCUT2D eigenvalue weighted by atomic mass is 9.93. The van der Waals surface area contributed by atoms with Gasteiger partial charge in [0, 0.05) is 10.0 Å². The molecular weight excluding hydrogens is 288 g/mol. The molecule has 0 spiro atoms. The number of ketones is 1. The van der Waals surface area contributed by atoms with E-state index in [4.69, 9.17) is 0 Å². The van der Waals surface area contributed by atoms with E-state index in [1.54, 1.807) is 0 Å². The molecule has 0 aromatic heterocycles. The third-order valence-electron chi connectivity index (χ3n) is 3.45. The molecule has 0 saturated carbocycles. The first kappa shape index (κ1) is 13.5. The van der Waals surface area contributed by atoms with Crippen LogP contribution in [0.25, 0.3) is 0 Å². The van der Waals surface area contributed by atoms with Crippen molar-refractivity contribution in [2.24, 2.45) is 0 Å². The minimum Gasteiger partial charge on any atom is -0.289 e. The third kappa shape index (κ3) is 3.32. The number of carbonyl (C=O) groups excluding carboxylic acids is 1. The van der Waals surface area contributed by atoms with Gasteiger partial charge in [-0.15, -0.1) is 0 Å². The summed E-state index contributed by atoms with van der Waals surface area (Å²) in [6.07, 6.45) is 9.03. The molecule has 0 N–H and O–H groups in total. The van der Waals surface area contributed by atoms with Gasteiger partial charge in [-0.3, -0.25) is 4.79 Å². The molecule has 0 bridgehead atoms. The van der Waals surface area contributed by atoms with Gasteiger partial charge in [-0.25, -0.2) is 0 Å². The van der Waals surface area contributed by atoms with Gasteiger partial charge in [-0.1, -0.05) is 46.5 Å². The summed E-state index contributed by atoms with van der Waals surface area (Å²) in [4.78, 5) is 12.5. The predicted octanol–water partition coefficient (Wildman–Crippen LogP) is 5.22. The molecular formula is C16H19BrO. The van der Waals surface area contributed by atoms with Gasteiger partial charge in [0.2, 0.25) is 0 Å². The van der Waals surface area contributed by atoms with Crippen molar-refractivity contribution in [2.45, 2.75) is 45.4 Å². The highest BCUT2D eigenvalue weighted by molar-refractivity contribution is 9.10. The molecule has 0 unspecified atom stereocenters. The van der Waals surface area contributed by atoms with E-state index in [0.717, 1.165) is 40.4 Å². The van der Waals surface area contributed by atoms with Gasteiger partial charge in [-0.2, -0.15) is 0 Å². The lowest BCUT2D eigenvalue weighted by Crippen LogP contribution is -2.06. The van der Waals surface area contributed by atoms with Gasteiger partial charge >= 0.3 is 0 Å². The van der Waals surface area contributed by atoms with Gasteiger partial charge < -0.3 is 0 Å². The lowest BCUT2D eigenvalue weighted by Gasteiger charge is -2.12. The van der Waals surface area contributed by atoms with E-state index in [0.29, 0.717) is 0 Å². The van der Waals surface area contributed by atoms with Crippen LogP contribution < -0.4 is 0 Å². The van der Waals surface area contributed by atoms with Crippen molar-refractivity contribution in [1.82, 2.24) is 0 Å². The zero-order chi connectivity index (χ0) is 13.0. The van der Waals surface area contributed by atoms with Crippen LogP contribution in [0, 0.1) is 6.92 Å². The number of hydrogen-bond donors (Lipinski definition) is 0. The first-order chi connectivity index (χ1) is 8.68. The number of Topliss-reactive ketones (excluding diaryl/α,β-unsaturated/α-hetero) is 1. The maximum atomic E-state index is 12.5. The fourth-order valence-corrected chi connectivity index (χ4v) is 2.81. The first-order valence-electron chi connectivity index (χ1n) is 6.68. The Balaban J connectivity index is 2.26. The van der Waals surface area contributed by atoms with Crippen molar-refractivity contribution in [3.63, 3.8) is 0 Å². The molecule has 96 valence electrons. The number of rotatable bonds is 2. The van der Waals surface area contributed by atoms with Gasteiger partial charge in [0.05, 0.1) is 0 Å². The molecule has 1 aliphatic rings. The van der Waals surface area contributed by atoms with Crippen LogP contribution in [0.5, 0.6) is 0 Å². The molecule has 0 amide bonds. The molecule has 0 atom stereocenters. The average Bonchev–Trinajstić information content (AvgIpc) is 2.31. The van der Waals surface area contributed by atoms with Crippen molar-refractivity contribution in [1.29, 1.82) is 0 Å². The SMILES string of the molecule is Cc1ccc(Br)c(C(=O)/C2=C/CCCCCC2)c1. The minimum absolute atomic E-state index is 0.201. The number of allylic oxidation sites excluding steroid dienone is 2. The standard InChI is InChI=1S/C16H19BrO/c1-12-9-10-15(17)14(11-12)16(18)13-7-5-3-2-4-6-8-13/h7,9-11H,2-6,8H2,1H3/b13-7+. The number of carbonyl (C=O) groups is 1. The van der Waals surface area contributed by atoms with Crippen LogP contribution >= 0.6 is 15.9 Å². The Morgan fingerprint density at radius 2 is 1.94 bits per heavy atom. The summed E-state index contributed by atoms with van der Waals surface area (Å²) in [5.41, 5.74) is 2.94. The summed E-state index contributed by atoms with van der Waals surface area (Å²) in [7, 11) is 0. The highest BCUT2D eigenvalue weighted by Crippen LogP contribution is 2.25. The summed E-state index contributed by atoms with van der Waals surface area (Å²) in [5, 5.41) is 0. The van der Waals surface area contributed by atoms with Gasteiger partial charge in [-0.05, 0) is 50.3 Å². The zero-order valence-corrected chi connectivity index (χ0v) is 12.4. The molecule has 2 heteroatoms. The highest BCUT2D eigenvalue weighted by Gasteiger charge is 2.15. The maximum absolute atomic E-state index is 12.5. The molecule has 1 aliphatic carbocycles. The second kappa shape index (κ2) is 6.33. The molecule has 2 rings (SSSR count). The van der Waals surface area contributed by atoms with Crippen molar-refractivity contribution in [3.8, 4) is 0 Å². The van der Waals surface area contributed by atoms with Gasteiger partial charge in [0.15, 0.2) is 5.78 Å². The smallest absolute Gasteiger partial charge is 0.189 e. The molecule has 0 aliphatic heterocycles. The average molecular weight is 307 g/mol. The van der Waals surface area contributed by atoms with Crippen LogP contribution in [0.15, 0.2) is 34.3 Å². The van der Waals surface area contributed by atoms with Crippen LogP contribution in [0.2, 0.25) is 0 Å². The number of hydrogen-bond acceptors (Lipinski definition) is 1. The Bertz CT molecular complexity index is 474. The van der Waals surface area contributed by atoms with Crippen molar-refractivity contribution in [2.75, 3.05) is 0 Å². The predicted molar refractivity (Wildman–Crippen MR) is 79.0 cm³/mol. The maximum Gasteiger partial charge on any atom is 0.189 e. The minimum atomic E-state index is 0.201. The Kier molecular flexibility index (Phi) is 4.76. The van der Waals surface area contributed by atoms with E-state index in [2.05, 4.69) is 22.0 Å². The van der Waals surface area contributed by atoms with Crippen LogP contribution in [0.4, 0.5) is 0 Å². The van der Waals surface area contributed by atoms with Crippen molar-refractivity contribution >= 4 is 21.7 Å². The molecule has 0 heterocycles. The molecule has 0 fully saturated rings. The number of aryl methyl sites for hydroxylation is 1. The van der Waals surface area contributed by atoms with E-state index in [1.165, 1.54) is 19.3 Å². The fraction of sp³-hybridized carbons (Fsp3) is 0.438. The lowest BCUT2D eigenvalue weighted by molar-refractivity contribution is 0.102. The molecule has 0 radical (unpaired) electrons. The third-order valence-corrected chi connectivity index (χ3v) is 4.14. The molecule has 0 saturated heterocycles. The van der Waals surface area contributed by atoms with Crippen LogP contribution in [0.1, 0.15) is 54.4 Å². The van der Waals surface area contributed by atoms with Crippen molar-refractivity contribution < 1.29 is 4.79 Å². The summed E-state index contributed by atoms with van der Waals surface area (Å²) >= 11 is 3.48. The largest absolute Gasteiger partial charge is 0.289 e. The van der Waals surface area contributed by atoms with E-state index in [9.17, 15) is 4.79 Å². The summed E-state index contributed by atoms with van der Waals surface area (Å²) < 4.78 is 0.904. The summed E-state index contributed by atoms with van der Waals surface area (Å²) in [6.45, 7) is 2.02. The Hall–Kier alpha value is -0.890. The second-order valence-electron chi connectivity index (χ2n) is 4.99. The quantitative estimate of drug-likeness (QED) is 0.685. The number of benzene rings is 1. The summed E-state index contributed by atoms with van der Waals surface area (Å²) in [5.74, 6) is 0.201. The topological polar surface area (TPSA) is 17.1 Å². The summed E-state index contributed by atoms with van der Waals surface area (Å²) in [6, 6.07) is 5.96. The monoisotopic (exact) mass is 306 g/mol. The second-order valence-corrected chi connectivity index (χ2v) is 5.85. The van der Waals surface area contributed by atoms with Crippen LogP contribution in [-0.2, 0) is 0 Å². The van der Waals surface area contributed by atoms with Gasteiger partial charge in [0.1, 0.15) is 0 Å². The van der Waals surface area contributed by atoms with Gasteiger partial charge in [0.25, 0.3) is 0 Å². The molecule has 1 aromatic rings. The molecule has 1 nitrogen and oxygen atoms in total. The van der Waals surface area contributed by atoms with Crippen LogP contribution in [-0.4, -0.2) is 5.78 Å². The Morgan fingerprint density at radius 1 is 1.17 bits per heavy atom. The number of halogens is 1. The Morgan fingerprint density at radius 3 is 2.78 bits per heavy atom. The Labute approximate surface area is 117 Å². The van der Waals surface area contributed by atoms with E-state index in [1.807, 2.05) is 25.1 Å². The van der Waals surface area contributed by atoms with Crippen LogP contribution in [0.3, 0.4) is 0 Å². The first-order valence-corrected chi connectivity index (χ1v) is 7.47. The molecule has 1 aromatic carbocycles. The van der Waals surface area contributed by atoms with E-state index < -0.39 is 0 Å². The normalized spacial score (nSPS) is 19.6. The van der Waals surface area contributed by atoms with E-state index >= 15 is 0 Å². The van der Waals surface area contributed by atoms with E-state index in [-0.39, 0.29) is 5.78 Å².